The van der Waals surface area contributed by atoms with Crippen LogP contribution in [0.25, 0.3) is 0 Å². The van der Waals surface area contributed by atoms with Gasteiger partial charge in [0, 0.05) is 6.92 Å². The largest absolute Gasteiger partial charge is 0.529 e. The molecule has 0 aromatic heterocycles. The fraction of sp³-hybridized carbons (Fsp3) is 0.833. The maximum absolute atomic E-state index is 10.8. The van der Waals surface area contributed by atoms with E-state index in [1.54, 1.807) is 0 Å². The minimum absolute atomic E-state index is 0.123. The van der Waals surface area contributed by atoms with Crippen molar-refractivity contribution in [1.82, 2.24) is 0 Å². The van der Waals surface area contributed by atoms with Gasteiger partial charge >= 0.3 is 13.8 Å². The highest BCUT2D eigenvalue weighted by Crippen LogP contribution is 2.43. The predicted octanol–water partition coefficient (Wildman–Crippen LogP) is 1.47. The van der Waals surface area contributed by atoms with Crippen molar-refractivity contribution < 1.29 is 23.3 Å². The first-order valence-corrected chi connectivity index (χ1v) is 5.15. The molecule has 6 heteroatoms. The molecule has 1 unspecified atom stereocenters. The fourth-order valence-electron chi connectivity index (χ4n) is 0.513. The van der Waals surface area contributed by atoms with Gasteiger partial charge in [-0.05, 0) is 6.42 Å². The second kappa shape index (κ2) is 5.30. The minimum Gasteiger partial charge on any atom is -0.371 e. The van der Waals surface area contributed by atoms with E-state index < -0.39 is 13.8 Å². The minimum atomic E-state index is -4.13. The molecule has 1 atom stereocenters. The molecule has 0 aliphatic rings. The Kier molecular flexibility index (Phi) is 5.13. The third kappa shape index (κ3) is 6.34. The summed E-state index contributed by atoms with van der Waals surface area (Å²) in [7, 11) is -4.13. The van der Waals surface area contributed by atoms with Gasteiger partial charge in [-0.25, -0.2) is 4.57 Å². The van der Waals surface area contributed by atoms with E-state index in [2.05, 4.69) is 9.05 Å². The molecule has 0 rings (SSSR count). The summed E-state index contributed by atoms with van der Waals surface area (Å²) in [4.78, 5) is 19.1. The Morgan fingerprint density at radius 1 is 1.58 bits per heavy atom. The van der Waals surface area contributed by atoms with Crippen molar-refractivity contribution >= 4 is 13.8 Å². The third-order valence-corrected chi connectivity index (χ3v) is 1.99. The highest BCUT2D eigenvalue weighted by molar-refractivity contribution is 7.48. The molecule has 0 amide bonds. The van der Waals surface area contributed by atoms with Gasteiger partial charge in [-0.15, -0.1) is 0 Å². The number of phosphoric acid groups is 1. The molecule has 0 heterocycles. The Balaban J connectivity index is 3.72. The Morgan fingerprint density at radius 3 is 2.58 bits per heavy atom. The van der Waals surface area contributed by atoms with Crippen LogP contribution in [0.1, 0.15) is 26.7 Å². The number of hydrogen-bond acceptors (Lipinski definition) is 4. The summed E-state index contributed by atoms with van der Waals surface area (Å²) in [6, 6.07) is 0. The summed E-state index contributed by atoms with van der Waals surface area (Å²) in [6.45, 7) is 3.08. The summed E-state index contributed by atoms with van der Waals surface area (Å²) in [6.07, 6.45) is 1.51. The SMILES string of the molecule is CCCCOP(=O)(O)OC(C)=O. The highest BCUT2D eigenvalue weighted by Gasteiger charge is 2.23. The van der Waals surface area contributed by atoms with Gasteiger partial charge < -0.3 is 4.52 Å². The van der Waals surface area contributed by atoms with Crippen LogP contribution in [-0.4, -0.2) is 17.5 Å². The maximum Gasteiger partial charge on any atom is 0.529 e. The van der Waals surface area contributed by atoms with Crippen molar-refractivity contribution in [1.29, 1.82) is 0 Å². The second-order valence-electron chi connectivity index (χ2n) is 2.24. The normalized spacial score (nSPS) is 15.2. The number of carbonyl (C=O) groups is 1. The van der Waals surface area contributed by atoms with Crippen LogP contribution in [0.5, 0.6) is 0 Å². The summed E-state index contributed by atoms with van der Waals surface area (Å²) in [5.41, 5.74) is 0. The molecule has 0 aromatic carbocycles. The Bertz CT molecular complexity index is 190. The lowest BCUT2D eigenvalue weighted by atomic mass is 10.4. The van der Waals surface area contributed by atoms with Gasteiger partial charge in [0.25, 0.3) is 0 Å². The molecule has 0 radical (unpaired) electrons. The van der Waals surface area contributed by atoms with Gasteiger partial charge in [-0.1, -0.05) is 13.3 Å². The standard InChI is InChI=1S/C6H13O5P/c1-3-4-5-10-12(8,9)11-6(2)7/h3-5H2,1-2H3,(H,8,9). The van der Waals surface area contributed by atoms with Crippen molar-refractivity contribution in [2.24, 2.45) is 0 Å². The van der Waals surface area contributed by atoms with Crippen LogP contribution in [0.15, 0.2) is 0 Å². The molecule has 0 spiro atoms. The molecule has 0 saturated carbocycles. The molecule has 0 aliphatic heterocycles. The molecule has 0 aliphatic carbocycles. The third-order valence-electron chi connectivity index (χ3n) is 0.996. The van der Waals surface area contributed by atoms with E-state index in [0.29, 0.717) is 6.42 Å². The molecule has 0 aromatic rings. The first-order valence-electron chi connectivity index (χ1n) is 3.65. The highest BCUT2D eigenvalue weighted by atomic mass is 31.2. The van der Waals surface area contributed by atoms with Crippen molar-refractivity contribution in [2.45, 2.75) is 26.7 Å². The molecule has 5 nitrogen and oxygen atoms in total. The van der Waals surface area contributed by atoms with E-state index in [-0.39, 0.29) is 6.61 Å². The molecule has 0 bridgehead atoms. The van der Waals surface area contributed by atoms with E-state index in [0.717, 1.165) is 13.3 Å². The topological polar surface area (TPSA) is 72.8 Å². The van der Waals surface area contributed by atoms with Crippen LogP contribution in [-0.2, 0) is 18.4 Å². The average Bonchev–Trinajstić information content (AvgIpc) is 1.84. The Hall–Kier alpha value is -0.380. The smallest absolute Gasteiger partial charge is 0.371 e. The van der Waals surface area contributed by atoms with Crippen molar-refractivity contribution in [2.75, 3.05) is 6.61 Å². The summed E-state index contributed by atoms with van der Waals surface area (Å²) in [5, 5.41) is 0. The lowest BCUT2D eigenvalue weighted by Gasteiger charge is -2.09. The van der Waals surface area contributed by atoms with Crippen LogP contribution in [0, 0.1) is 0 Å². The lowest BCUT2D eigenvalue weighted by molar-refractivity contribution is -0.133. The first kappa shape index (κ1) is 11.6. The van der Waals surface area contributed by atoms with Crippen molar-refractivity contribution in [3.05, 3.63) is 0 Å². The van der Waals surface area contributed by atoms with E-state index in [9.17, 15) is 9.36 Å². The van der Waals surface area contributed by atoms with Gasteiger partial charge in [0.1, 0.15) is 0 Å². The quantitative estimate of drug-likeness (QED) is 0.532. The fourth-order valence-corrected chi connectivity index (χ4v) is 1.25. The number of rotatable bonds is 5. The Labute approximate surface area is 71.3 Å². The average molecular weight is 196 g/mol. The van der Waals surface area contributed by atoms with Crippen LogP contribution in [0.4, 0.5) is 0 Å². The molecule has 72 valence electrons. The van der Waals surface area contributed by atoms with Crippen LogP contribution in [0.3, 0.4) is 0 Å². The zero-order valence-corrected chi connectivity index (χ0v) is 8.04. The molecule has 0 fully saturated rings. The summed E-state index contributed by atoms with van der Waals surface area (Å²) >= 11 is 0. The number of phosphoric ester groups is 1. The lowest BCUT2D eigenvalue weighted by Crippen LogP contribution is -2.00. The summed E-state index contributed by atoms with van der Waals surface area (Å²) in [5.74, 6) is -0.822. The van der Waals surface area contributed by atoms with Gasteiger partial charge in [-0.2, -0.15) is 0 Å². The molecule has 0 saturated heterocycles. The molecule has 12 heavy (non-hydrogen) atoms. The van der Waals surface area contributed by atoms with Gasteiger partial charge in [0.05, 0.1) is 6.61 Å². The molecular weight excluding hydrogens is 183 g/mol. The van der Waals surface area contributed by atoms with E-state index >= 15 is 0 Å². The van der Waals surface area contributed by atoms with E-state index in [1.807, 2.05) is 6.92 Å². The molecule has 1 N–H and O–H groups in total. The number of unbranched alkanes of at least 4 members (excludes halogenated alkanes) is 1. The Morgan fingerprint density at radius 2 is 2.17 bits per heavy atom. The predicted molar refractivity (Wildman–Crippen MR) is 42.5 cm³/mol. The van der Waals surface area contributed by atoms with Gasteiger partial charge in [0.15, 0.2) is 0 Å². The van der Waals surface area contributed by atoms with Gasteiger partial charge in [-0.3, -0.25) is 14.2 Å². The van der Waals surface area contributed by atoms with Crippen LogP contribution in [0.2, 0.25) is 0 Å². The zero-order valence-electron chi connectivity index (χ0n) is 7.15. The van der Waals surface area contributed by atoms with Gasteiger partial charge in [0.2, 0.25) is 0 Å². The zero-order chi connectivity index (χ0) is 9.61. The first-order chi connectivity index (χ1) is 5.48. The monoisotopic (exact) mass is 196 g/mol. The van der Waals surface area contributed by atoms with Crippen molar-refractivity contribution in [3.63, 3.8) is 0 Å². The number of hydrogen-bond donors (Lipinski definition) is 1. The maximum atomic E-state index is 10.8. The summed E-state index contributed by atoms with van der Waals surface area (Å²) < 4.78 is 19.3. The van der Waals surface area contributed by atoms with E-state index in [4.69, 9.17) is 4.89 Å². The number of carbonyl (C=O) groups excluding carboxylic acids is 1. The van der Waals surface area contributed by atoms with Crippen LogP contribution >= 0.6 is 7.82 Å². The molecular formula is C6H13O5P. The second-order valence-corrected chi connectivity index (χ2v) is 3.62. The van der Waals surface area contributed by atoms with E-state index in [1.165, 1.54) is 0 Å². The van der Waals surface area contributed by atoms with Crippen LogP contribution < -0.4 is 0 Å². The van der Waals surface area contributed by atoms with Crippen molar-refractivity contribution in [3.8, 4) is 0 Å².